The normalized spacial score (nSPS) is 9.90. The van der Waals surface area contributed by atoms with E-state index in [1.165, 1.54) is 18.1 Å². The number of nitrogens with zero attached hydrogens (tertiary/aromatic N) is 1. The first kappa shape index (κ1) is 16.0. The van der Waals surface area contributed by atoms with Gasteiger partial charge >= 0.3 is 18.0 Å². The lowest BCUT2D eigenvalue weighted by atomic mass is 10.3. The van der Waals surface area contributed by atoms with Crippen LogP contribution >= 0.6 is 11.3 Å². The van der Waals surface area contributed by atoms with E-state index in [0.29, 0.717) is 13.0 Å². The van der Waals surface area contributed by atoms with E-state index < -0.39 is 18.0 Å². The molecule has 1 rings (SSSR count). The highest BCUT2D eigenvalue weighted by molar-refractivity contribution is 7.14. The molecule has 0 atom stereocenters. The predicted molar refractivity (Wildman–Crippen MR) is 74.2 cm³/mol. The number of carboxylic acids is 1. The molecule has 0 bridgehead atoms. The minimum Gasteiger partial charge on any atom is -0.478 e. The van der Waals surface area contributed by atoms with Gasteiger partial charge in [0.05, 0.1) is 12.7 Å². The first-order valence-corrected chi connectivity index (χ1v) is 6.81. The molecule has 7 nitrogen and oxygen atoms in total. The second-order valence-electron chi connectivity index (χ2n) is 3.90. The van der Waals surface area contributed by atoms with Crippen molar-refractivity contribution in [2.45, 2.75) is 13.3 Å². The van der Waals surface area contributed by atoms with Gasteiger partial charge in [0.25, 0.3) is 0 Å². The van der Waals surface area contributed by atoms with Crippen molar-refractivity contribution in [2.75, 3.05) is 25.5 Å². The number of carbonyl (C=O) groups excluding carboxylic acids is 2. The third-order valence-electron chi connectivity index (χ3n) is 2.44. The molecule has 0 radical (unpaired) electrons. The largest absolute Gasteiger partial charge is 0.478 e. The zero-order chi connectivity index (χ0) is 15.1. The van der Waals surface area contributed by atoms with Crippen molar-refractivity contribution in [2.24, 2.45) is 0 Å². The number of urea groups is 1. The SMILES string of the molecule is CCCN(CC(=O)OC)C(=O)Nc1sccc1C(=O)O. The maximum atomic E-state index is 12.0. The van der Waals surface area contributed by atoms with Crippen molar-refractivity contribution in [3.63, 3.8) is 0 Å². The Morgan fingerprint density at radius 3 is 2.70 bits per heavy atom. The molecule has 1 heterocycles. The molecule has 1 aromatic rings. The van der Waals surface area contributed by atoms with Gasteiger partial charge in [-0.15, -0.1) is 11.3 Å². The number of esters is 1. The summed E-state index contributed by atoms with van der Waals surface area (Å²) in [6, 6.07) is 0.884. The molecule has 0 aliphatic heterocycles. The fourth-order valence-electron chi connectivity index (χ4n) is 1.49. The Bertz CT molecular complexity index is 500. The third-order valence-corrected chi connectivity index (χ3v) is 3.27. The molecular weight excluding hydrogens is 284 g/mol. The summed E-state index contributed by atoms with van der Waals surface area (Å²) >= 11 is 1.11. The standard InChI is InChI=1S/C12H16N2O5S/c1-3-5-14(7-9(15)19-2)12(18)13-10-8(11(16)17)4-6-20-10/h4,6H,3,5,7H2,1-2H3,(H,13,18)(H,16,17). The first-order valence-electron chi connectivity index (χ1n) is 5.93. The van der Waals surface area contributed by atoms with Crippen LogP contribution in [0.2, 0.25) is 0 Å². The second kappa shape index (κ2) is 7.49. The Morgan fingerprint density at radius 1 is 1.45 bits per heavy atom. The molecule has 0 saturated carbocycles. The van der Waals surface area contributed by atoms with Crippen LogP contribution in [0.4, 0.5) is 9.80 Å². The molecule has 0 fully saturated rings. The first-order chi connectivity index (χ1) is 9.49. The Hall–Kier alpha value is -2.09. The van der Waals surface area contributed by atoms with Crippen LogP contribution in [0.1, 0.15) is 23.7 Å². The lowest BCUT2D eigenvalue weighted by Gasteiger charge is -2.20. The molecular formula is C12H16N2O5S. The molecule has 0 unspecified atom stereocenters. The Kier molecular flexibility index (Phi) is 5.98. The van der Waals surface area contributed by atoms with Gasteiger partial charge in [-0.2, -0.15) is 0 Å². The number of hydrogen-bond donors (Lipinski definition) is 2. The minimum absolute atomic E-state index is 0.0258. The summed E-state index contributed by atoms with van der Waals surface area (Å²) < 4.78 is 4.52. The molecule has 2 amide bonds. The molecule has 0 spiro atoms. The van der Waals surface area contributed by atoms with Crippen LogP contribution in [0.25, 0.3) is 0 Å². The summed E-state index contributed by atoms with van der Waals surface area (Å²) in [5.41, 5.74) is 0.0258. The number of anilines is 1. The van der Waals surface area contributed by atoms with Gasteiger partial charge in [0, 0.05) is 6.54 Å². The molecule has 1 aromatic heterocycles. The molecule has 0 aliphatic rings. The van der Waals surface area contributed by atoms with E-state index >= 15 is 0 Å². The lowest BCUT2D eigenvalue weighted by Crippen LogP contribution is -2.39. The van der Waals surface area contributed by atoms with Crippen LogP contribution < -0.4 is 5.32 Å². The zero-order valence-corrected chi connectivity index (χ0v) is 12.0. The Morgan fingerprint density at radius 2 is 2.15 bits per heavy atom. The van der Waals surface area contributed by atoms with E-state index in [0.717, 1.165) is 11.3 Å². The van der Waals surface area contributed by atoms with Gasteiger partial charge < -0.3 is 14.7 Å². The van der Waals surface area contributed by atoms with Crippen molar-refractivity contribution < 1.29 is 24.2 Å². The number of hydrogen-bond acceptors (Lipinski definition) is 5. The predicted octanol–water partition coefficient (Wildman–Crippen LogP) is 1.86. The maximum absolute atomic E-state index is 12.0. The molecule has 8 heteroatoms. The lowest BCUT2D eigenvalue weighted by molar-refractivity contribution is -0.141. The monoisotopic (exact) mass is 300 g/mol. The molecule has 0 aromatic carbocycles. The van der Waals surface area contributed by atoms with Crippen molar-refractivity contribution in [3.8, 4) is 0 Å². The van der Waals surface area contributed by atoms with E-state index in [1.54, 1.807) is 5.38 Å². The number of thiophene rings is 1. The van der Waals surface area contributed by atoms with Crippen molar-refractivity contribution in [1.29, 1.82) is 0 Å². The number of rotatable bonds is 6. The van der Waals surface area contributed by atoms with Gasteiger partial charge in [-0.25, -0.2) is 9.59 Å². The summed E-state index contributed by atoms with van der Waals surface area (Å²) in [5.74, 6) is -1.64. The van der Waals surface area contributed by atoms with Crippen LogP contribution in [0.3, 0.4) is 0 Å². The van der Waals surface area contributed by atoms with E-state index in [2.05, 4.69) is 10.1 Å². The van der Waals surface area contributed by atoms with Crippen molar-refractivity contribution in [1.82, 2.24) is 4.90 Å². The Balaban J connectivity index is 2.77. The molecule has 0 aliphatic carbocycles. The van der Waals surface area contributed by atoms with E-state index in [9.17, 15) is 14.4 Å². The van der Waals surface area contributed by atoms with Gasteiger partial charge in [0.2, 0.25) is 0 Å². The average Bonchev–Trinajstić information content (AvgIpc) is 2.86. The molecule has 110 valence electrons. The van der Waals surface area contributed by atoms with Gasteiger partial charge in [-0.05, 0) is 17.9 Å². The number of amides is 2. The molecule has 20 heavy (non-hydrogen) atoms. The summed E-state index contributed by atoms with van der Waals surface area (Å²) in [7, 11) is 1.24. The number of nitrogens with one attached hydrogen (secondary N) is 1. The van der Waals surface area contributed by atoms with Gasteiger partial charge in [-0.1, -0.05) is 6.92 Å². The highest BCUT2D eigenvalue weighted by Crippen LogP contribution is 2.23. The highest BCUT2D eigenvalue weighted by atomic mass is 32.1. The van der Waals surface area contributed by atoms with Crippen LogP contribution in [0.5, 0.6) is 0 Å². The summed E-state index contributed by atoms with van der Waals surface area (Å²) in [4.78, 5) is 35.5. The zero-order valence-electron chi connectivity index (χ0n) is 11.2. The van der Waals surface area contributed by atoms with E-state index in [1.807, 2.05) is 6.92 Å². The van der Waals surface area contributed by atoms with E-state index in [-0.39, 0.29) is 17.1 Å². The number of ether oxygens (including phenoxy) is 1. The fraction of sp³-hybridized carbons (Fsp3) is 0.417. The van der Waals surface area contributed by atoms with Crippen molar-refractivity contribution >= 4 is 34.3 Å². The minimum atomic E-state index is -1.11. The van der Waals surface area contributed by atoms with Gasteiger partial charge in [0.1, 0.15) is 11.5 Å². The highest BCUT2D eigenvalue weighted by Gasteiger charge is 2.20. The smallest absolute Gasteiger partial charge is 0.338 e. The topological polar surface area (TPSA) is 95.9 Å². The molecule has 0 saturated heterocycles. The van der Waals surface area contributed by atoms with Gasteiger partial charge in [-0.3, -0.25) is 10.1 Å². The number of aromatic carboxylic acids is 1. The van der Waals surface area contributed by atoms with Crippen LogP contribution in [-0.4, -0.2) is 48.2 Å². The maximum Gasteiger partial charge on any atom is 0.338 e. The third kappa shape index (κ3) is 4.23. The van der Waals surface area contributed by atoms with Crippen LogP contribution in [0, 0.1) is 0 Å². The molecule has 2 N–H and O–H groups in total. The van der Waals surface area contributed by atoms with E-state index in [4.69, 9.17) is 5.11 Å². The summed E-state index contributed by atoms with van der Waals surface area (Å²) in [6.07, 6.45) is 0.667. The summed E-state index contributed by atoms with van der Waals surface area (Å²) in [5, 5.41) is 13.3. The van der Waals surface area contributed by atoms with Crippen LogP contribution in [0.15, 0.2) is 11.4 Å². The number of carboxylic acid groups (broad SMARTS) is 1. The van der Waals surface area contributed by atoms with Gasteiger partial charge in [0.15, 0.2) is 0 Å². The quantitative estimate of drug-likeness (QED) is 0.782. The van der Waals surface area contributed by atoms with Crippen LogP contribution in [-0.2, 0) is 9.53 Å². The van der Waals surface area contributed by atoms with Crippen molar-refractivity contribution in [3.05, 3.63) is 17.0 Å². The average molecular weight is 300 g/mol. The Labute approximate surface area is 120 Å². The second-order valence-corrected chi connectivity index (χ2v) is 4.81. The summed E-state index contributed by atoms with van der Waals surface area (Å²) in [6.45, 7) is 2.06. The fourth-order valence-corrected chi connectivity index (χ4v) is 2.26. The number of methoxy groups -OCH3 is 1. The number of carbonyl (C=O) groups is 3.